The zero-order valence-corrected chi connectivity index (χ0v) is 11.1. The minimum absolute atomic E-state index is 0.00873. The van der Waals surface area contributed by atoms with Crippen molar-refractivity contribution in [1.82, 2.24) is 9.55 Å². The Morgan fingerprint density at radius 2 is 2.05 bits per heavy atom. The molecule has 3 N–H and O–H groups in total. The molecule has 0 saturated heterocycles. The molecule has 2 rings (SSSR count). The number of aryl methyl sites for hydroxylation is 1. The van der Waals surface area contributed by atoms with Gasteiger partial charge in [-0.05, 0) is 18.1 Å². The molecular weight excluding hydrogens is 240 g/mol. The third kappa shape index (κ3) is 3.00. The fraction of sp³-hybridized carbons (Fsp3) is 0.286. The molecule has 100 valence electrons. The van der Waals surface area contributed by atoms with E-state index >= 15 is 0 Å². The number of benzene rings is 1. The first-order valence-corrected chi connectivity index (χ1v) is 6.19. The minimum Gasteiger partial charge on any atom is -0.359 e. The van der Waals surface area contributed by atoms with E-state index in [4.69, 9.17) is 5.73 Å². The molecule has 1 aromatic heterocycles. The molecule has 0 bridgehead atoms. The summed E-state index contributed by atoms with van der Waals surface area (Å²) in [7, 11) is 1.70. The van der Waals surface area contributed by atoms with E-state index in [0.717, 1.165) is 11.1 Å². The average Bonchev–Trinajstić information content (AvgIpc) is 2.44. The van der Waals surface area contributed by atoms with Gasteiger partial charge in [-0.1, -0.05) is 24.3 Å². The highest BCUT2D eigenvalue weighted by atomic mass is 16.1. The van der Waals surface area contributed by atoms with E-state index in [0.29, 0.717) is 12.4 Å². The molecule has 0 saturated carbocycles. The first-order valence-electron chi connectivity index (χ1n) is 6.19. The predicted molar refractivity (Wildman–Crippen MR) is 75.8 cm³/mol. The van der Waals surface area contributed by atoms with Crippen molar-refractivity contribution in [2.24, 2.45) is 12.8 Å². The maximum absolute atomic E-state index is 11.9. The second-order valence-corrected chi connectivity index (χ2v) is 4.50. The van der Waals surface area contributed by atoms with Crippen molar-refractivity contribution >= 4 is 5.82 Å². The summed E-state index contributed by atoms with van der Waals surface area (Å²) in [5, 5.41) is 3.13. The van der Waals surface area contributed by atoms with Gasteiger partial charge in [-0.2, -0.15) is 0 Å². The Bertz CT molecular complexity index is 604. The zero-order chi connectivity index (χ0) is 13.8. The molecular formula is C14H18N4O. The van der Waals surface area contributed by atoms with E-state index in [1.54, 1.807) is 19.4 Å². The average molecular weight is 258 g/mol. The third-order valence-corrected chi connectivity index (χ3v) is 3.09. The van der Waals surface area contributed by atoms with Crippen LogP contribution in [0.5, 0.6) is 0 Å². The molecule has 0 aliphatic rings. The molecule has 1 heterocycles. The number of hydrogen-bond donors (Lipinski definition) is 2. The normalized spacial score (nSPS) is 12.2. The molecule has 0 spiro atoms. The Hall–Kier alpha value is -2.14. The van der Waals surface area contributed by atoms with Gasteiger partial charge in [-0.3, -0.25) is 4.79 Å². The van der Waals surface area contributed by atoms with Crippen molar-refractivity contribution in [1.29, 1.82) is 0 Å². The molecule has 0 fully saturated rings. The summed E-state index contributed by atoms with van der Waals surface area (Å²) in [5.74, 6) is 0.361. The standard InChI is InChI=1S/C14H18N4O/c1-10(12-5-3-11(9-15)4-6-12)17-13-14(19)18(2)8-7-16-13/h3-8,10H,9,15H2,1-2H3,(H,16,17). The maximum atomic E-state index is 11.9. The highest BCUT2D eigenvalue weighted by Gasteiger charge is 2.09. The van der Waals surface area contributed by atoms with Crippen molar-refractivity contribution in [2.75, 3.05) is 5.32 Å². The number of anilines is 1. The van der Waals surface area contributed by atoms with Crippen LogP contribution in [0, 0.1) is 0 Å². The monoisotopic (exact) mass is 258 g/mol. The van der Waals surface area contributed by atoms with E-state index in [-0.39, 0.29) is 11.6 Å². The molecule has 19 heavy (non-hydrogen) atoms. The predicted octanol–water partition coefficient (Wildman–Crippen LogP) is 1.41. The summed E-state index contributed by atoms with van der Waals surface area (Å²) < 4.78 is 1.50. The third-order valence-electron chi connectivity index (χ3n) is 3.09. The van der Waals surface area contributed by atoms with Crippen molar-refractivity contribution < 1.29 is 0 Å². The zero-order valence-electron chi connectivity index (χ0n) is 11.1. The lowest BCUT2D eigenvalue weighted by atomic mass is 10.1. The minimum atomic E-state index is -0.132. The van der Waals surface area contributed by atoms with E-state index in [1.807, 2.05) is 31.2 Å². The highest BCUT2D eigenvalue weighted by Crippen LogP contribution is 2.16. The molecule has 2 aromatic rings. The number of rotatable bonds is 4. The quantitative estimate of drug-likeness (QED) is 0.869. The van der Waals surface area contributed by atoms with E-state index in [1.165, 1.54) is 4.57 Å². The van der Waals surface area contributed by atoms with Gasteiger partial charge in [0.1, 0.15) is 0 Å². The SMILES string of the molecule is CC(Nc1nccn(C)c1=O)c1ccc(CN)cc1. The summed E-state index contributed by atoms with van der Waals surface area (Å²) in [5.41, 5.74) is 7.61. The molecule has 0 radical (unpaired) electrons. The lowest BCUT2D eigenvalue weighted by Gasteiger charge is -2.15. The molecule has 1 aromatic carbocycles. The molecule has 5 heteroatoms. The molecule has 1 unspecified atom stereocenters. The van der Waals surface area contributed by atoms with Crippen LogP contribution in [-0.4, -0.2) is 9.55 Å². The number of nitrogens with two attached hydrogens (primary N) is 1. The number of nitrogens with one attached hydrogen (secondary N) is 1. The van der Waals surface area contributed by atoms with Crippen LogP contribution in [-0.2, 0) is 13.6 Å². The van der Waals surface area contributed by atoms with E-state index in [2.05, 4.69) is 10.3 Å². The van der Waals surface area contributed by atoms with Crippen LogP contribution < -0.4 is 16.6 Å². The van der Waals surface area contributed by atoms with Crippen LogP contribution >= 0.6 is 0 Å². The van der Waals surface area contributed by atoms with Crippen LogP contribution in [0.1, 0.15) is 24.1 Å². The second-order valence-electron chi connectivity index (χ2n) is 4.50. The van der Waals surface area contributed by atoms with Gasteiger partial charge in [-0.15, -0.1) is 0 Å². The summed E-state index contributed by atoms with van der Waals surface area (Å²) in [6, 6.07) is 8.00. The Kier molecular flexibility index (Phi) is 3.97. The molecule has 0 aliphatic carbocycles. The van der Waals surface area contributed by atoms with Crippen molar-refractivity contribution in [3.8, 4) is 0 Å². The molecule has 0 amide bonds. The lowest BCUT2D eigenvalue weighted by Crippen LogP contribution is -2.23. The fourth-order valence-corrected chi connectivity index (χ4v) is 1.83. The van der Waals surface area contributed by atoms with Gasteiger partial charge in [0.25, 0.3) is 5.56 Å². The van der Waals surface area contributed by atoms with Crippen molar-refractivity contribution in [3.63, 3.8) is 0 Å². The van der Waals surface area contributed by atoms with Crippen molar-refractivity contribution in [2.45, 2.75) is 19.5 Å². The summed E-state index contributed by atoms with van der Waals surface area (Å²) in [4.78, 5) is 15.9. The van der Waals surface area contributed by atoms with Gasteiger partial charge in [0.15, 0.2) is 5.82 Å². The highest BCUT2D eigenvalue weighted by molar-refractivity contribution is 5.36. The fourth-order valence-electron chi connectivity index (χ4n) is 1.83. The van der Waals surface area contributed by atoms with Gasteiger partial charge in [0, 0.05) is 26.0 Å². The Balaban J connectivity index is 2.18. The second kappa shape index (κ2) is 5.67. The van der Waals surface area contributed by atoms with Crippen LogP contribution in [0.3, 0.4) is 0 Å². The summed E-state index contributed by atoms with van der Waals surface area (Å²) in [6.45, 7) is 2.52. The maximum Gasteiger partial charge on any atom is 0.293 e. The number of hydrogen-bond acceptors (Lipinski definition) is 4. The van der Waals surface area contributed by atoms with Crippen LogP contribution in [0.25, 0.3) is 0 Å². The van der Waals surface area contributed by atoms with Gasteiger partial charge in [0.2, 0.25) is 0 Å². The molecule has 1 atom stereocenters. The first kappa shape index (κ1) is 13.3. The Morgan fingerprint density at radius 3 is 2.68 bits per heavy atom. The smallest absolute Gasteiger partial charge is 0.293 e. The topological polar surface area (TPSA) is 72.9 Å². The Morgan fingerprint density at radius 1 is 1.37 bits per heavy atom. The number of aromatic nitrogens is 2. The first-order chi connectivity index (χ1) is 9.11. The van der Waals surface area contributed by atoms with Crippen LogP contribution in [0.15, 0.2) is 41.5 Å². The van der Waals surface area contributed by atoms with Crippen LogP contribution in [0.2, 0.25) is 0 Å². The van der Waals surface area contributed by atoms with E-state index in [9.17, 15) is 4.79 Å². The summed E-state index contributed by atoms with van der Waals surface area (Å²) >= 11 is 0. The molecule has 5 nitrogen and oxygen atoms in total. The van der Waals surface area contributed by atoms with Crippen molar-refractivity contribution in [3.05, 3.63) is 58.1 Å². The lowest BCUT2D eigenvalue weighted by molar-refractivity contribution is 0.813. The van der Waals surface area contributed by atoms with Crippen LogP contribution in [0.4, 0.5) is 5.82 Å². The van der Waals surface area contributed by atoms with Gasteiger partial charge in [0.05, 0.1) is 6.04 Å². The summed E-state index contributed by atoms with van der Waals surface area (Å²) in [6.07, 6.45) is 3.24. The van der Waals surface area contributed by atoms with Gasteiger partial charge >= 0.3 is 0 Å². The number of nitrogens with zero attached hydrogens (tertiary/aromatic N) is 2. The largest absolute Gasteiger partial charge is 0.359 e. The van der Waals surface area contributed by atoms with Gasteiger partial charge in [-0.25, -0.2) is 4.98 Å². The van der Waals surface area contributed by atoms with E-state index < -0.39 is 0 Å². The van der Waals surface area contributed by atoms with Gasteiger partial charge < -0.3 is 15.6 Å². The molecule has 0 aliphatic heterocycles. The Labute approximate surface area is 112 Å².